The number of rotatable bonds is 2. The molecular weight excluding hydrogens is 314 g/mol. The maximum atomic E-state index is 13.0. The molecule has 1 heterocycles. The summed E-state index contributed by atoms with van der Waals surface area (Å²) in [7, 11) is 0. The smallest absolute Gasteiger partial charge is 0.317 e. The molecule has 0 radical (unpaired) electrons. The molecule has 5 nitrogen and oxygen atoms in total. The topological polar surface area (TPSA) is 52.7 Å². The third-order valence-corrected chi connectivity index (χ3v) is 4.60. The Morgan fingerprint density at radius 3 is 2.12 bits per heavy atom. The van der Waals surface area contributed by atoms with Crippen LogP contribution in [0.1, 0.15) is 56.1 Å². The summed E-state index contributed by atoms with van der Waals surface area (Å²) in [6.07, 6.45) is 0. The van der Waals surface area contributed by atoms with E-state index in [2.05, 4.69) is 32.2 Å². The zero-order valence-electron chi connectivity index (χ0n) is 16.3. The van der Waals surface area contributed by atoms with Crippen molar-refractivity contribution in [1.29, 1.82) is 0 Å². The highest BCUT2D eigenvalue weighted by molar-refractivity contribution is 5.96. The molecule has 1 aromatic rings. The number of carbonyl (C=O) groups excluding carboxylic acids is 2. The van der Waals surface area contributed by atoms with Crippen LogP contribution in [0.25, 0.3) is 0 Å². The number of benzene rings is 1. The van der Waals surface area contributed by atoms with Gasteiger partial charge in [-0.2, -0.15) is 0 Å². The first-order chi connectivity index (χ1) is 11.6. The first-order valence-corrected chi connectivity index (χ1v) is 9.05. The van der Waals surface area contributed by atoms with Crippen molar-refractivity contribution in [2.24, 2.45) is 0 Å². The minimum absolute atomic E-state index is 0.0103. The van der Waals surface area contributed by atoms with Crippen LogP contribution in [0.2, 0.25) is 0 Å². The number of hydrogen-bond acceptors (Lipinski definition) is 2. The molecule has 0 atom stereocenters. The van der Waals surface area contributed by atoms with E-state index >= 15 is 0 Å². The normalized spacial score (nSPS) is 15.5. The van der Waals surface area contributed by atoms with Gasteiger partial charge in [0.15, 0.2) is 0 Å². The number of nitrogens with one attached hydrogen (secondary N) is 1. The molecule has 1 fully saturated rings. The quantitative estimate of drug-likeness (QED) is 0.895. The van der Waals surface area contributed by atoms with E-state index in [0.717, 1.165) is 16.7 Å². The first-order valence-electron chi connectivity index (χ1n) is 9.05. The number of piperazine rings is 1. The van der Waals surface area contributed by atoms with Crippen LogP contribution in [0.3, 0.4) is 0 Å². The monoisotopic (exact) mass is 345 g/mol. The molecule has 0 unspecified atom stereocenters. The Bertz CT molecular complexity index is 639. The van der Waals surface area contributed by atoms with E-state index < -0.39 is 0 Å². The largest absolute Gasteiger partial charge is 0.336 e. The van der Waals surface area contributed by atoms with Gasteiger partial charge in [-0.05, 0) is 43.4 Å². The lowest BCUT2D eigenvalue weighted by molar-refractivity contribution is 0.0663. The van der Waals surface area contributed by atoms with Crippen molar-refractivity contribution < 1.29 is 9.59 Å². The third-order valence-electron chi connectivity index (χ3n) is 4.60. The molecule has 1 aromatic carbocycles. The lowest BCUT2D eigenvalue weighted by Crippen LogP contribution is -2.54. The maximum absolute atomic E-state index is 13.0. The number of nitrogens with zero attached hydrogens (tertiary/aromatic N) is 2. The molecule has 1 saturated heterocycles. The Labute approximate surface area is 151 Å². The number of carbonyl (C=O) groups is 2. The fourth-order valence-corrected chi connectivity index (χ4v) is 2.94. The number of hydrogen-bond donors (Lipinski definition) is 1. The number of urea groups is 1. The molecule has 2 rings (SSSR count). The first kappa shape index (κ1) is 19.3. The van der Waals surface area contributed by atoms with Gasteiger partial charge in [0.2, 0.25) is 0 Å². The van der Waals surface area contributed by atoms with Crippen LogP contribution in [0, 0.1) is 6.92 Å². The van der Waals surface area contributed by atoms with Gasteiger partial charge < -0.3 is 15.1 Å². The second-order valence-corrected chi connectivity index (χ2v) is 8.16. The Hall–Kier alpha value is -2.04. The molecule has 0 aliphatic carbocycles. The van der Waals surface area contributed by atoms with Gasteiger partial charge in [-0.25, -0.2) is 4.79 Å². The van der Waals surface area contributed by atoms with Crippen LogP contribution in [-0.4, -0.2) is 54.0 Å². The van der Waals surface area contributed by atoms with E-state index in [4.69, 9.17) is 0 Å². The highest BCUT2D eigenvalue weighted by Crippen LogP contribution is 2.25. The number of amides is 3. The van der Waals surface area contributed by atoms with Gasteiger partial charge in [-0.3, -0.25) is 4.79 Å². The van der Waals surface area contributed by atoms with E-state index in [1.807, 2.05) is 37.8 Å². The minimum Gasteiger partial charge on any atom is -0.336 e. The average molecular weight is 345 g/mol. The highest BCUT2D eigenvalue weighted by atomic mass is 16.2. The maximum Gasteiger partial charge on any atom is 0.317 e. The molecule has 5 heteroatoms. The summed E-state index contributed by atoms with van der Waals surface area (Å²) in [5, 5.41) is 2.90. The molecule has 1 aliphatic heterocycles. The zero-order valence-corrected chi connectivity index (χ0v) is 16.3. The van der Waals surface area contributed by atoms with Gasteiger partial charge in [-0.15, -0.1) is 0 Å². The SMILES string of the molecule is Cc1ccc(C(C)(C)C)cc1C(=O)N1CCN(C(=O)NC(C)C)CC1. The second kappa shape index (κ2) is 7.46. The molecule has 0 spiro atoms. The summed E-state index contributed by atoms with van der Waals surface area (Å²) in [6.45, 7) is 14.6. The summed E-state index contributed by atoms with van der Waals surface area (Å²) >= 11 is 0. The van der Waals surface area contributed by atoms with E-state index in [1.54, 1.807) is 4.90 Å². The highest BCUT2D eigenvalue weighted by Gasteiger charge is 2.26. The predicted octanol–water partition coefficient (Wildman–Crippen LogP) is 3.17. The molecular formula is C20H31N3O2. The molecule has 1 N–H and O–H groups in total. The molecule has 0 aromatic heterocycles. The van der Waals surface area contributed by atoms with Gasteiger partial charge in [0.1, 0.15) is 0 Å². The van der Waals surface area contributed by atoms with Crippen molar-refractivity contribution in [3.8, 4) is 0 Å². The van der Waals surface area contributed by atoms with Gasteiger partial charge in [0, 0.05) is 37.8 Å². The van der Waals surface area contributed by atoms with Crippen LogP contribution in [0.5, 0.6) is 0 Å². The molecule has 0 bridgehead atoms. The summed E-state index contributed by atoms with van der Waals surface area (Å²) < 4.78 is 0. The molecule has 25 heavy (non-hydrogen) atoms. The van der Waals surface area contributed by atoms with Gasteiger partial charge in [-0.1, -0.05) is 32.9 Å². The van der Waals surface area contributed by atoms with Crippen molar-refractivity contribution in [3.63, 3.8) is 0 Å². The Morgan fingerprint density at radius 1 is 1.04 bits per heavy atom. The standard InChI is InChI=1S/C20H31N3O2/c1-14(2)21-19(25)23-11-9-22(10-12-23)18(24)17-13-16(20(4,5)6)8-7-15(17)3/h7-8,13-14H,9-12H2,1-6H3,(H,21,25). The number of aryl methyl sites for hydroxylation is 1. The van der Waals surface area contributed by atoms with Gasteiger partial charge in [0.05, 0.1) is 0 Å². The molecule has 0 saturated carbocycles. The fraction of sp³-hybridized carbons (Fsp3) is 0.600. The van der Waals surface area contributed by atoms with Gasteiger partial charge in [0.25, 0.3) is 5.91 Å². The zero-order chi connectivity index (χ0) is 18.8. The van der Waals surface area contributed by atoms with Crippen molar-refractivity contribution in [2.75, 3.05) is 26.2 Å². The van der Waals surface area contributed by atoms with Crippen LogP contribution in [0.15, 0.2) is 18.2 Å². The van der Waals surface area contributed by atoms with Crippen LogP contribution in [0.4, 0.5) is 4.79 Å². The Balaban J connectivity index is 2.07. The van der Waals surface area contributed by atoms with Gasteiger partial charge >= 0.3 is 6.03 Å². The van der Waals surface area contributed by atoms with Crippen LogP contribution >= 0.6 is 0 Å². The Kier molecular flexibility index (Phi) is 5.76. The summed E-state index contributed by atoms with van der Waals surface area (Å²) in [6, 6.07) is 6.22. The van der Waals surface area contributed by atoms with E-state index in [-0.39, 0.29) is 23.4 Å². The lowest BCUT2D eigenvalue weighted by Gasteiger charge is -2.35. The molecule has 138 valence electrons. The molecule has 1 aliphatic rings. The Morgan fingerprint density at radius 2 is 1.60 bits per heavy atom. The third kappa shape index (κ3) is 4.74. The fourth-order valence-electron chi connectivity index (χ4n) is 2.94. The van der Waals surface area contributed by atoms with Crippen molar-refractivity contribution >= 4 is 11.9 Å². The summed E-state index contributed by atoms with van der Waals surface area (Å²) in [5.74, 6) is 0.0625. The average Bonchev–Trinajstić information content (AvgIpc) is 2.53. The predicted molar refractivity (Wildman–Crippen MR) is 101 cm³/mol. The lowest BCUT2D eigenvalue weighted by atomic mass is 9.85. The van der Waals surface area contributed by atoms with E-state index in [9.17, 15) is 9.59 Å². The molecule has 3 amide bonds. The minimum atomic E-state index is -0.0481. The van der Waals surface area contributed by atoms with Crippen LogP contribution in [-0.2, 0) is 5.41 Å². The second-order valence-electron chi connectivity index (χ2n) is 8.16. The van der Waals surface area contributed by atoms with E-state index in [0.29, 0.717) is 26.2 Å². The van der Waals surface area contributed by atoms with Crippen molar-refractivity contribution in [1.82, 2.24) is 15.1 Å². The van der Waals surface area contributed by atoms with Crippen LogP contribution < -0.4 is 5.32 Å². The van der Waals surface area contributed by atoms with Crippen molar-refractivity contribution in [3.05, 3.63) is 34.9 Å². The van der Waals surface area contributed by atoms with Crippen molar-refractivity contribution in [2.45, 2.75) is 53.0 Å². The summed E-state index contributed by atoms with van der Waals surface area (Å²) in [4.78, 5) is 28.7. The van der Waals surface area contributed by atoms with E-state index in [1.165, 1.54) is 0 Å². The summed E-state index contributed by atoms with van der Waals surface area (Å²) in [5.41, 5.74) is 2.94.